The molecule has 1 N–H and O–H groups in total. The largest absolute Gasteiger partial charge is 0.495 e. The Balaban J connectivity index is 2.10. The van der Waals surface area contributed by atoms with Gasteiger partial charge in [0.2, 0.25) is 0 Å². The van der Waals surface area contributed by atoms with Gasteiger partial charge in [-0.1, -0.05) is 11.6 Å². The van der Waals surface area contributed by atoms with Gasteiger partial charge in [0.25, 0.3) is 0 Å². The minimum absolute atomic E-state index is 0.430. The van der Waals surface area contributed by atoms with Crippen LogP contribution < -0.4 is 14.8 Å². The molecule has 0 spiro atoms. The summed E-state index contributed by atoms with van der Waals surface area (Å²) in [6.45, 7) is 0. The number of hydrogen-bond acceptors (Lipinski definition) is 8. The molecular weight excluding hydrogens is 501 g/mol. The van der Waals surface area contributed by atoms with Crippen molar-refractivity contribution in [2.45, 2.75) is 5.03 Å². The van der Waals surface area contributed by atoms with Crippen molar-refractivity contribution in [2.75, 3.05) is 25.8 Å². The molecule has 1 aromatic carbocycles. The summed E-state index contributed by atoms with van der Waals surface area (Å²) in [5.74, 6) is 1.70. The van der Waals surface area contributed by atoms with Crippen LogP contribution in [0, 0.1) is 3.57 Å². The van der Waals surface area contributed by atoms with E-state index in [-0.39, 0.29) is 0 Å². The molecule has 0 aliphatic carbocycles. The molecule has 0 bridgehead atoms. The smallest absolute Gasteiger partial charge is 0.143 e. The van der Waals surface area contributed by atoms with Gasteiger partial charge in [0.05, 0.1) is 39.8 Å². The molecule has 2 aromatic heterocycles. The Hall–Kier alpha value is -1.85. The lowest BCUT2D eigenvalue weighted by Crippen LogP contribution is -2.03. The summed E-state index contributed by atoms with van der Waals surface area (Å²) in [4.78, 5) is 17.0. The molecule has 0 unspecified atom stereocenters. The van der Waals surface area contributed by atoms with E-state index in [9.17, 15) is 0 Å². The average Bonchev–Trinajstić information content (AvgIpc) is 2.71. The topological polar surface area (TPSA) is 82.0 Å². The predicted octanol–water partition coefficient (Wildman–Crippen LogP) is 4.67. The SMILES string of the molecule is COc1cc(OC)c(I)c(Nc2ncncc2-c2cc(SC)ncn2)c1Cl. The fourth-order valence-corrected chi connectivity index (χ4v) is 3.92. The molecule has 0 fully saturated rings. The van der Waals surface area contributed by atoms with Crippen LogP contribution in [0.5, 0.6) is 11.5 Å². The van der Waals surface area contributed by atoms with E-state index in [4.69, 9.17) is 21.1 Å². The number of nitrogens with one attached hydrogen (secondary N) is 1. The van der Waals surface area contributed by atoms with Crippen LogP contribution in [0.2, 0.25) is 5.02 Å². The maximum Gasteiger partial charge on any atom is 0.143 e. The molecule has 140 valence electrons. The number of benzene rings is 1. The van der Waals surface area contributed by atoms with Gasteiger partial charge in [-0.3, -0.25) is 0 Å². The zero-order valence-corrected chi connectivity index (χ0v) is 18.4. The van der Waals surface area contributed by atoms with Gasteiger partial charge in [0.1, 0.15) is 35.0 Å². The van der Waals surface area contributed by atoms with Crippen LogP contribution in [0.15, 0.2) is 36.0 Å². The van der Waals surface area contributed by atoms with Crippen molar-refractivity contribution in [2.24, 2.45) is 0 Å². The van der Waals surface area contributed by atoms with Gasteiger partial charge in [0, 0.05) is 12.3 Å². The standard InChI is InChI=1S/C17H15ClIN5O2S/c1-25-11-5-12(26-2)15(19)16(14(11)18)24-17-9(6-20-7-23-17)10-4-13(27-3)22-8-21-10/h4-8H,1-3H3,(H,20,23,24). The van der Waals surface area contributed by atoms with Gasteiger partial charge in [-0.05, 0) is 34.9 Å². The lowest BCUT2D eigenvalue weighted by Gasteiger charge is -2.17. The van der Waals surface area contributed by atoms with Crippen LogP contribution >= 0.6 is 46.0 Å². The predicted molar refractivity (Wildman–Crippen MR) is 115 cm³/mol. The molecule has 0 aliphatic heterocycles. The molecule has 0 radical (unpaired) electrons. The fourth-order valence-electron chi connectivity index (χ4n) is 2.33. The van der Waals surface area contributed by atoms with Crippen LogP contribution in [0.25, 0.3) is 11.3 Å². The van der Waals surface area contributed by atoms with Gasteiger partial charge in [0.15, 0.2) is 0 Å². The minimum atomic E-state index is 0.430. The van der Waals surface area contributed by atoms with Crippen LogP contribution in [0.3, 0.4) is 0 Å². The Morgan fingerprint density at radius 3 is 2.56 bits per heavy atom. The van der Waals surface area contributed by atoms with E-state index >= 15 is 0 Å². The van der Waals surface area contributed by atoms with E-state index in [2.05, 4.69) is 47.8 Å². The quantitative estimate of drug-likeness (QED) is 0.288. The van der Waals surface area contributed by atoms with Crippen LogP contribution in [0.4, 0.5) is 11.5 Å². The van der Waals surface area contributed by atoms with Gasteiger partial charge in [-0.15, -0.1) is 11.8 Å². The monoisotopic (exact) mass is 515 g/mol. The maximum atomic E-state index is 6.52. The number of ether oxygens (including phenoxy) is 2. The Kier molecular flexibility index (Phi) is 6.55. The zero-order valence-electron chi connectivity index (χ0n) is 14.7. The fraction of sp³-hybridized carbons (Fsp3) is 0.176. The average molecular weight is 516 g/mol. The van der Waals surface area contributed by atoms with Gasteiger partial charge < -0.3 is 14.8 Å². The second-order valence-corrected chi connectivity index (χ2v) is 7.42. The maximum absolute atomic E-state index is 6.52. The van der Waals surface area contributed by atoms with Crippen molar-refractivity contribution in [1.29, 1.82) is 0 Å². The summed E-state index contributed by atoms with van der Waals surface area (Å²) >= 11 is 10.2. The molecule has 0 amide bonds. The highest BCUT2D eigenvalue weighted by atomic mass is 127. The van der Waals surface area contributed by atoms with Gasteiger partial charge in [-0.2, -0.15) is 0 Å². The van der Waals surface area contributed by atoms with E-state index in [1.54, 1.807) is 26.5 Å². The summed E-state index contributed by atoms with van der Waals surface area (Å²) in [6.07, 6.45) is 6.63. The van der Waals surface area contributed by atoms with E-state index in [0.29, 0.717) is 33.7 Å². The van der Waals surface area contributed by atoms with E-state index in [1.807, 2.05) is 12.3 Å². The van der Waals surface area contributed by atoms with Crippen LogP contribution in [-0.2, 0) is 0 Å². The third-order valence-corrected chi connectivity index (χ3v) is 5.74. The first-order valence-corrected chi connectivity index (χ1v) is 10.3. The lowest BCUT2D eigenvalue weighted by atomic mass is 10.2. The van der Waals surface area contributed by atoms with Crippen LogP contribution in [0.1, 0.15) is 0 Å². The number of thioether (sulfide) groups is 1. The highest BCUT2D eigenvalue weighted by molar-refractivity contribution is 14.1. The molecule has 7 nitrogen and oxygen atoms in total. The summed E-state index contributed by atoms with van der Waals surface area (Å²) in [7, 11) is 3.15. The zero-order chi connectivity index (χ0) is 19.4. The second-order valence-electron chi connectivity index (χ2n) is 5.14. The summed E-state index contributed by atoms with van der Waals surface area (Å²) in [5.41, 5.74) is 2.06. The molecular formula is C17H15ClIN5O2S. The van der Waals surface area contributed by atoms with Crippen molar-refractivity contribution in [3.05, 3.63) is 39.6 Å². The highest BCUT2D eigenvalue weighted by Gasteiger charge is 2.19. The van der Waals surface area contributed by atoms with Crippen molar-refractivity contribution >= 4 is 57.5 Å². The highest BCUT2D eigenvalue weighted by Crippen LogP contribution is 2.43. The lowest BCUT2D eigenvalue weighted by molar-refractivity contribution is 0.393. The summed E-state index contributed by atoms with van der Waals surface area (Å²) in [6, 6.07) is 3.62. The number of nitrogens with zero attached hydrogens (tertiary/aromatic N) is 4. The molecule has 3 rings (SSSR count). The Morgan fingerprint density at radius 2 is 1.85 bits per heavy atom. The molecule has 0 aliphatic rings. The number of halogens is 2. The molecule has 2 heterocycles. The minimum Gasteiger partial charge on any atom is -0.495 e. The Labute approximate surface area is 179 Å². The van der Waals surface area contributed by atoms with Gasteiger partial charge >= 0.3 is 0 Å². The number of hydrogen-bond donors (Lipinski definition) is 1. The third-order valence-electron chi connectivity index (χ3n) is 3.66. The van der Waals surface area contributed by atoms with Crippen molar-refractivity contribution in [3.8, 4) is 22.8 Å². The molecule has 0 atom stereocenters. The molecule has 3 aromatic rings. The number of methoxy groups -OCH3 is 2. The van der Waals surface area contributed by atoms with Crippen molar-refractivity contribution < 1.29 is 9.47 Å². The Bertz CT molecular complexity index is 948. The van der Waals surface area contributed by atoms with E-state index in [0.717, 1.165) is 14.2 Å². The summed E-state index contributed by atoms with van der Waals surface area (Å²) < 4.78 is 11.6. The van der Waals surface area contributed by atoms with E-state index < -0.39 is 0 Å². The Morgan fingerprint density at radius 1 is 1.07 bits per heavy atom. The van der Waals surface area contributed by atoms with Crippen molar-refractivity contribution in [3.63, 3.8) is 0 Å². The van der Waals surface area contributed by atoms with Crippen molar-refractivity contribution in [1.82, 2.24) is 19.9 Å². The third kappa shape index (κ3) is 4.19. The number of rotatable bonds is 6. The molecule has 0 saturated carbocycles. The van der Waals surface area contributed by atoms with Crippen LogP contribution in [-0.4, -0.2) is 40.4 Å². The first-order chi connectivity index (χ1) is 13.1. The van der Waals surface area contributed by atoms with Gasteiger partial charge in [-0.25, -0.2) is 19.9 Å². The summed E-state index contributed by atoms with van der Waals surface area (Å²) in [5, 5.41) is 4.56. The second kappa shape index (κ2) is 8.89. The number of aromatic nitrogens is 4. The first-order valence-electron chi connectivity index (χ1n) is 7.62. The van der Waals surface area contributed by atoms with E-state index in [1.165, 1.54) is 24.4 Å². The first kappa shape index (κ1) is 19.9. The molecule has 0 saturated heterocycles. The molecule has 27 heavy (non-hydrogen) atoms. The number of anilines is 2. The normalized spacial score (nSPS) is 10.6. The molecule has 10 heteroatoms.